The maximum absolute atomic E-state index is 13.0. The molecule has 2 heterocycles. The van der Waals surface area contributed by atoms with Crippen molar-refractivity contribution in [1.82, 2.24) is 4.90 Å². The van der Waals surface area contributed by atoms with Gasteiger partial charge in [0.05, 0.1) is 6.54 Å². The summed E-state index contributed by atoms with van der Waals surface area (Å²) in [5.41, 5.74) is 1.57. The quantitative estimate of drug-likeness (QED) is 0.455. The normalized spacial score (nSPS) is 11.3. The van der Waals surface area contributed by atoms with E-state index in [2.05, 4.69) is 6.92 Å². The van der Waals surface area contributed by atoms with E-state index >= 15 is 0 Å². The van der Waals surface area contributed by atoms with Gasteiger partial charge in [0.1, 0.15) is 16.9 Å². The number of benzene rings is 2. The number of para-hydroxylation sites is 2. The van der Waals surface area contributed by atoms with Crippen molar-refractivity contribution in [3.63, 3.8) is 0 Å². The fraction of sp³-hybridized carbons (Fsp3) is 0.227. The summed E-state index contributed by atoms with van der Waals surface area (Å²) in [4.78, 5) is 14.8. The Morgan fingerprint density at radius 2 is 1.58 bits per heavy atom. The smallest absolute Gasteiger partial charge is 0.290 e. The van der Waals surface area contributed by atoms with Crippen LogP contribution in [0.1, 0.15) is 36.1 Å². The summed E-state index contributed by atoms with van der Waals surface area (Å²) in [5, 5.41) is 1.99. The molecule has 0 atom stereocenters. The van der Waals surface area contributed by atoms with Gasteiger partial charge in [-0.15, -0.1) is 0 Å². The van der Waals surface area contributed by atoms with Crippen molar-refractivity contribution in [3.05, 3.63) is 72.2 Å². The van der Waals surface area contributed by atoms with Gasteiger partial charge in [0, 0.05) is 17.3 Å². The van der Waals surface area contributed by atoms with Gasteiger partial charge in [-0.3, -0.25) is 4.79 Å². The highest BCUT2D eigenvalue weighted by Crippen LogP contribution is 2.23. The van der Waals surface area contributed by atoms with E-state index in [9.17, 15) is 4.79 Å². The second kappa shape index (κ2) is 7.08. The minimum absolute atomic E-state index is 0.102. The number of rotatable bonds is 6. The zero-order valence-corrected chi connectivity index (χ0v) is 14.8. The minimum atomic E-state index is -0.102. The molecule has 0 aliphatic carbocycles. The van der Waals surface area contributed by atoms with Crippen LogP contribution < -0.4 is 0 Å². The highest BCUT2D eigenvalue weighted by Gasteiger charge is 2.21. The number of unbranched alkanes of at least 4 members (excludes halogenated alkanes) is 1. The predicted molar refractivity (Wildman–Crippen MR) is 102 cm³/mol. The van der Waals surface area contributed by atoms with Gasteiger partial charge in [0.25, 0.3) is 5.91 Å². The lowest BCUT2D eigenvalue weighted by Gasteiger charge is -2.20. The molecular weight excluding hydrogens is 326 g/mol. The zero-order valence-electron chi connectivity index (χ0n) is 14.8. The third-order valence-corrected chi connectivity index (χ3v) is 4.53. The van der Waals surface area contributed by atoms with Crippen LogP contribution >= 0.6 is 0 Å². The van der Waals surface area contributed by atoms with Crippen LogP contribution in [-0.2, 0) is 6.54 Å². The second-order valence-corrected chi connectivity index (χ2v) is 6.48. The van der Waals surface area contributed by atoms with Crippen LogP contribution in [0.15, 0.2) is 69.5 Å². The van der Waals surface area contributed by atoms with Crippen LogP contribution in [0.5, 0.6) is 0 Å². The molecule has 0 fully saturated rings. The van der Waals surface area contributed by atoms with Crippen molar-refractivity contribution >= 4 is 27.8 Å². The zero-order chi connectivity index (χ0) is 17.9. The van der Waals surface area contributed by atoms with Crippen molar-refractivity contribution in [3.8, 4) is 0 Å². The van der Waals surface area contributed by atoms with E-state index in [1.165, 1.54) is 0 Å². The van der Waals surface area contributed by atoms with E-state index in [1.54, 1.807) is 4.90 Å². The Balaban J connectivity index is 1.61. The molecule has 4 aromatic rings. The number of amides is 1. The van der Waals surface area contributed by atoms with Crippen molar-refractivity contribution in [1.29, 1.82) is 0 Å². The molecule has 0 radical (unpaired) electrons. The first-order chi connectivity index (χ1) is 12.7. The van der Waals surface area contributed by atoms with Gasteiger partial charge in [-0.25, -0.2) is 0 Å². The number of fused-ring (bicyclic) bond motifs is 2. The molecule has 2 aromatic carbocycles. The summed E-state index contributed by atoms with van der Waals surface area (Å²) < 4.78 is 11.7. The monoisotopic (exact) mass is 347 g/mol. The average molecular weight is 347 g/mol. The van der Waals surface area contributed by atoms with Crippen LogP contribution in [0, 0.1) is 0 Å². The average Bonchev–Trinajstić information content (AvgIpc) is 3.27. The van der Waals surface area contributed by atoms with E-state index in [0.29, 0.717) is 18.8 Å². The molecule has 0 N–H and O–H groups in total. The van der Waals surface area contributed by atoms with Gasteiger partial charge in [0.2, 0.25) is 0 Å². The van der Waals surface area contributed by atoms with Gasteiger partial charge < -0.3 is 13.7 Å². The first kappa shape index (κ1) is 16.5. The van der Waals surface area contributed by atoms with E-state index in [1.807, 2.05) is 60.7 Å². The third kappa shape index (κ3) is 3.23. The molecule has 0 bridgehead atoms. The van der Waals surface area contributed by atoms with Crippen LogP contribution in [0.4, 0.5) is 0 Å². The molecule has 2 aromatic heterocycles. The number of nitrogens with zero attached hydrogens (tertiary/aromatic N) is 1. The predicted octanol–water partition coefficient (Wildman–Crippen LogP) is 5.62. The minimum Gasteiger partial charge on any atom is -0.459 e. The maximum atomic E-state index is 13.0. The van der Waals surface area contributed by atoms with Gasteiger partial charge in [-0.05, 0) is 30.7 Å². The van der Waals surface area contributed by atoms with Crippen LogP contribution in [0.25, 0.3) is 21.9 Å². The highest BCUT2D eigenvalue weighted by molar-refractivity contribution is 5.96. The SMILES string of the molecule is CCCCN(Cc1cc2ccccc2o1)C(=O)c1cc2ccccc2o1. The van der Waals surface area contributed by atoms with Gasteiger partial charge >= 0.3 is 0 Å². The summed E-state index contributed by atoms with van der Waals surface area (Å²) in [5.74, 6) is 1.06. The summed E-state index contributed by atoms with van der Waals surface area (Å²) in [6.45, 7) is 3.22. The molecule has 0 saturated carbocycles. The van der Waals surface area contributed by atoms with Crippen molar-refractivity contribution in [2.45, 2.75) is 26.3 Å². The summed E-state index contributed by atoms with van der Waals surface area (Å²) >= 11 is 0. The fourth-order valence-electron chi connectivity index (χ4n) is 3.15. The topological polar surface area (TPSA) is 46.6 Å². The first-order valence-electron chi connectivity index (χ1n) is 9.00. The summed E-state index contributed by atoms with van der Waals surface area (Å²) in [7, 11) is 0. The Hall–Kier alpha value is -3.01. The molecule has 4 heteroatoms. The largest absolute Gasteiger partial charge is 0.459 e. The Labute approximate surface area is 152 Å². The van der Waals surface area contributed by atoms with Gasteiger partial charge in [-0.2, -0.15) is 0 Å². The molecule has 0 unspecified atom stereocenters. The van der Waals surface area contributed by atoms with Crippen LogP contribution in [-0.4, -0.2) is 17.4 Å². The van der Waals surface area contributed by atoms with Crippen LogP contribution in [0.2, 0.25) is 0 Å². The third-order valence-electron chi connectivity index (χ3n) is 4.53. The molecule has 0 saturated heterocycles. The Morgan fingerprint density at radius 1 is 0.923 bits per heavy atom. The fourth-order valence-corrected chi connectivity index (χ4v) is 3.15. The molecule has 0 spiro atoms. The lowest BCUT2D eigenvalue weighted by Crippen LogP contribution is -2.31. The van der Waals surface area contributed by atoms with Gasteiger partial charge in [0.15, 0.2) is 5.76 Å². The van der Waals surface area contributed by atoms with E-state index in [4.69, 9.17) is 8.83 Å². The number of hydrogen-bond donors (Lipinski definition) is 0. The lowest BCUT2D eigenvalue weighted by molar-refractivity contribution is 0.0700. The van der Waals surface area contributed by atoms with Gasteiger partial charge in [-0.1, -0.05) is 49.7 Å². The number of furan rings is 2. The molecule has 0 aliphatic heterocycles. The van der Waals surface area contributed by atoms with E-state index in [0.717, 1.165) is 40.5 Å². The lowest BCUT2D eigenvalue weighted by atomic mass is 10.2. The molecule has 4 nitrogen and oxygen atoms in total. The Bertz CT molecular complexity index is 978. The highest BCUT2D eigenvalue weighted by atomic mass is 16.3. The number of hydrogen-bond acceptors (Lipinski definition) is 3. The van der Waals surface area contributed by atoms with Crippen molar-refractivity contribution in [2.24, 2.45) is 0 Å². The first-order valence-corrected chi connectivity index (χ1v) is 9.00. The van der Waals surface area contributed by atoms with E-state index in [-0.39, 0.29) is 5.91 Å². The molecular formula is C22H21NO3. The molecule has 4 rings (SSSR count). The molecule has 26 heavy (non-hydrogen) atoms. The second-order valence-electron chi connectivity index (χ2n) is 6.48. The van der Waals surface area contributed by atoms with Crippen molar-refractivity contribution < 1.29 is 13.6 Å². The summed E-state index contributed by atoms with van der Waals surface area (Å²) in [6.07, 6.45) is 1.95. The standard InChI is InChI=1S/C22H21NO3/c1-2-3-12-23(15-18-13-16-8-4-6-10-19(16)25-18)22(24)21-14-17-9-5-7-11-20(17)26-21/h4-11,13-14H,2-3,12,15H2,1H3. The number of carbonyl (C=O) groups is 1. The Morgan fingerprint density at radius 3 is 2.23 bits per heavy atom. The Kier molecular flexibility index (Phi) is 4.48. The van der Waals surface area contributed by atoms with Crippen molar-refractivity contribution in [2.75, 3.05) is 6.54 Å². The molecule has 132 valence electrons. The van der Waals surface area contributed by atoms with Crippen LogP contribution in [0.3, 0.4) is 0 Å². The number of carbonyl (C=O) groups excluding carboxylic acids is 1. The molecule has 0 aliphatic rings. The van der Waals surface area contributed by atoms with E-state index < -0.39 is 0 Å². The molecule has 1 amide bonds. The maximum Gasteiger partial charge on any atom is 0.290 e. The summed E-state index contributed by atoms with van der Waals surface area (Å²) in [6, 6.07) is 19.4.